The highest BCUT2D eigenvalue weighted by Crippen LogP contribution is 2.36. The van der Waals surface area contributed by atoms with E-state index in [1.54, 1.807) is 0 Å². The second-order valence-electron chi connectivity index (χ2n) is 5.54. The Hall–Kier alpha value is -1.39. The van der Waals surface area contributed by atoms with Crippen molar-refractivity contribution in [3.8, 4) is 0 Å². The number of nitrogens with one attached hydrogen (secondary N) is 2. The highest BCUT2D eigenvalue weighted by Gasteiger charge is 2.32. The number of pyridine rings is 1. The molecule has 3 nitrogen and oxygen atoms in total. The second-order valence-corrected chi connectivity index (χ2v) is 5.54. The van der Waals surface area contributed by atoms with Gasteiger partial charge in [-0.1, -0.05) is 20.3 Å². The molecule has 1 fully saturated rings. The summed E-state index contributed by atoms with van der Waals surface area (Å²) in [5.41, 5.74) is 0. The highest BCUT2D eigenvalue weighted by atomic mass is 19.1. The fraction of sp³-hybridized carbons (Fsp3) is 0.667. The van der Waals surface area contributed by atoms with Crippen molar-refractivity contribution >= 4 is 11.6 Å². The van der Waals surface area contributed by atoms with Crippen LogP contribution in [0.1, 0.15) is 40.0 Å². The van der Waals surface area contributed by atoms with Crippen LogP contribution < -0.4 is 10.6 Å². The Balaban J connectivity index is 2.15. The van der Waals surface area contributed by atoms with Gasteiger partial charge in [0.1, 0.15) is 0 Å². The predicted molar refractivity (Wildman–Crippen MR) is 77.9 cm³/mol. The van der Waals surface area contributed by atoms with Crippen LogP contribution in [0.5, 0.6) is 0 Å². The molecular weight excluding hydrogens is 260 g/mol. The number of aromatic nitrogens is 1. The Morgan fingerprint density at radius 1 is 1.20 bits per heavy atom. The fourth-order valence-corrected chi connectivity index (χ4v) is 3.06. The van der Waals surface area contributed by atoms with Crippen LogP contribution in [-0.2, 0) is 0 Å². The Labute approximate surface area is 119 Å². The van der Waals surface area contributed by atoms with E-state index in [1.165, 1.54) is 0 Å². The maximum absolute atomic E-state index is 13.8. The van der Waals surface area contributed by atoms with Crippen molar-refractivity contribution in [2.24, 2.45) is 11.8 Å². The van der Waals surface area contributed by atoms with Crippen LogP contribution in [0.2, 0.25) is 0 Å². The van der Waals surface area contributed by atoms with E-state index in [0.29, 0.717) is 18.4 Å². The molecule has 0 amide bonds. The lowest BCUT2D eigenvalue weighted by Gasteiger charge is -2.22. The summed E-state index contributed by atoms with van der Waals surface area (Å²) in [6, 6.07) is 1.10. The molecule has 112 valence electrons. The Kier molecular flexibility index (Phi) is 4.78. The average Bonchev–Trinajstić information content (AvgIpc) is 2.76. The van der Waals surface area contributed by atoms with E-state index in [2.05, 4.69) is 29.5 Å². The minimum atomic E-state index is -0.652. The van der Waals surface area contributed by atoms with Gasteiger partial charge in [0, 0.05) is 18.7 Å². The number of anilines is 2. The molecule has 1 aromatic rings. The molecule has 1 heterocycles. The third-order valence-corrected chi connectivity index (χ3v) is 4.35. The number of halogens is 2. The first kappa shape index (κ1) is 15.0. The van der Waals surface area contributed by atoms with Gasteiger partial charge in [0.2, 0.25) is 0 Å². The lowest BCUT2D eigenvalue weighted by Crippen LogP contribution is -2.26. The van der Waals surface area contributed by atoms with E-state index in [4.69, 9.17) is 0 Å². The lowest BCUT2D eigenvalue weighted by atomic mass is 9.93. The van der Waals surface area contributed by atoms with Gasteiger partial charge in [-0.15, -0.1) is 0 Å². The van der Waals surface area contributed by atoms with Crippen molar-refractivity contribution in [3.05, 3.63) is 17.7 Å². The second kappa shape index (κ2) is 6.37. The average molecular weight is 283 g/mol. The van der Waals surface area contributed by atoms with Crippen LogP contribution in [0.25, 0.3) is 0 Å². The molecule has 3 unspecified atom stereocenters. The molecule has 0 spiro atoms. The van der Waals surface area contributed by atoms with E-state index in [1.807, 2.05) is 6.92 Å². The van der Waals surface area contributed by atoms with Crippen LogP contribution in [0.15, 0.2) is 6.07 Å². The molecule has 2 N–H and O–H groups in total. The molecule has 0 bridgehead atoms. The monoisotopic (exact) mass is 283 g/mol. The lowest BCUT2D eigenvalue weighted by molar-refractivity contribution is 0.391. The largest absolute Gasteiger partial charge is 0.368 e. The van der Waals surface area contributed by atoms with Gasteiger partial charge in [0.25, 0.3) is 0 Å². The maximum Gasteiger partial charge on any atom is 0.168 e. The minimum absolute atomic E-state index is 0.106. The summed E-state index contributed by atoms with van der Waals surface area (Å²) in [4.78, 5) is 4.04. The first-order chi connectivity index (χ1) is 9.56. The summed E-state index contributed by atoms with van der Waals surface area (Å²) < 4.78 is 27.4. The summed E-state index contributed by atoms with van der Waals surface area (Å²) in [5.74, 6) is 0.125. The van der Waals surface area contributed by atoms with Gasteiger partial charge in [-0.25, -0.2) is 13.8 Å². The van der Waals surface area contributed by atoms with E-state index in [-0.39, 0.29) is 17.7 Å². The van der Waals surface area contributed by atoms with Crippen LogP contribution in [0.4, 0.5) is 20.4 Å². The summed E-state index contributed by atoms with van der Waals surface area (Å²) in [6.07, 6.45) is 3.30. The summed E-state index contributed by atoms with van der Waals surface area (Å²) in [6.45, 7) is 6.77. The predicted octanol–water partition coefficient (Wildman–Crippen LogP) is 4.03. The zero-order chi connectivity index (χ0) is 14.7. The third kappa shape index (κ3) is 3.02. The molecule has 1 aromatic heterocycles. The molecular formula is C15H23F2N3. The molecule has 0 saturated heterocycles. The number of rotatable bonds is 5. The van der Waals surface area contributed by atoms with Crippen molar-refractivity contribution in [2.75, 3.05) is 17.2 Å². The zero-order valence-electron chi connectivity index (χ0n) is 12.3. The highest BCUT2D eigenvalue weighted by molar-refractivity contribution is 5.48. The summed E-state index contributed by atoms with van der Waals surface area (Å²) in [5, 5.41) is 5.96. The fourth-order valence-electron chi connectivity index (χ4n) is 3.06. The maximum atomic E-state index is 13.8. The SMILES string of the molecule is CCNc1nc(NC2CCC(CC)C2C)c(F)cc1F. The molecule has 0 radical (unpaired) electrons. The smallest absolute Gasteiger partial charge is 0.168 e. The van der Waals surface area contributed by atoms with Crippen molar-refractivity contribution in [2.45, 2.75) is 46.1 Å². The molecule has 0 aromatic carbocycles. The van der Waals surface area contributed by atoms with Gasteiger partial charge >= 0.3 is 0 Å². The third-order valence-electron chi connectivity index (χ3n) is 4.35. The van der Waals surface area contributed by atoms with Gasteiger partial charge in [0.05, 0.1) is 0 Å². The standard InChI is InChI=1S/C15H23F2N3/c1-4-10-6-7-13(9(10)3)19-15-12(17)8-11(16)14(20-15)18-5-2/h8-10,13H,4-7H2,1-3H3,(H2,18,19,20). The van der Waals surface area contributed by atoms with Crippen molar-refractivity contribution in [1.82, 2.24) is 4.98 Å². The van der Waals surface area contributed by atoms with Gasteiger partial charge < -0.3 is 10.6 Å². The van der Waals surface area contributed by atoms with E-state index in [9.17, 15) is 8.78 Å². The first-order valence-corrected chi connectivity index (χ1v) is 7.43. The normalized spacial score (nSPS) is 25.8. The number of hydrogen-bond donors (Lipinski definition) is 2. The number of hydrogen-bond acceptors (Lipinski definition) is 3. The summed E-state index contributed by atoms with van der Waals surface area (Å²) in [7, 11) is 0. The van der Waals surface area contributed by atoms with E-state index in [0.717, 1.165) is 25.3 Å². The minimum Gasteiger partial charge on any atom is -0.368 e. The molecule has 3 atom stereocenters. The number of nitrogens with zero attached hydrogens (tertiary/aromatic N) is 1. The molecule has 1 aliphatic carbocycles. The molecule has 1 aliphatic rings. The van der Waals surface area contributed by atoms with Crippen LogP contribution in [-0.4, -0.2) is 17.6 Å². The van der Waals surface area contributed by atoms with Crippen molar-refractivity contribution < 1.29 is 8.78 Å². The first-order valence-electron chi connectivity index (χ1n) is 7.43. The molecule has 0 aliphatic heterocycles. The van der Waals surface area contributed by atoms with E-state index >= 15 is 0 Å². The van der Waals surface area contributed by atoms with E-state index < -0.39 is 11.6 Å². The molecule has 2 rings (SSSR count). The zero-order valence-corrected chi connectivity index (χ0v) is 12.3. The quantitative estimate of drug-likeness (QED) is 0.856. The van der Waals surface area contributed by atoms with Crippen molar-refractivity contribution in [3.63, 3.8) is 0 Å². The van der Waals surface area contributed by atoms with Gasteiger partial charge in [-0.3, -0.25) is 0 Å². The van der Waals surface area contributed by atoms with Crippen LogP contribution in [0, 0.1) is 23.5 Å². The Bertz CT molecular complexity index is 465. The topological polar surface area (TPSA) is 37.0 Å². The van der Waals surface area contributed by atoms with Gasteiger partial charge in [0.15, 0.2) is 23.3 Å². The molecule has 5 heteroatoms. The Morgan fingerprint density at radius 3 is 2.50 bits per heavy atom. The Morgan fingerprint density at radius 2 is 1.90 bits per heavy atom. The van der Waals surface area contributed by atoms with Crippen LogP contribution >= 0.6 is 0 Å². The molecule has 1 saturated carbocycles. The van der Waals surface area contributed by atoms with Crippen molar-refractivity contribution in [1.29, 1.82) is 0 Å². The summed E-state index contributed by atoms with van der Waals surface area (Å²) >= 11 is 0. The molecule has 20 heavy (non-hydrogen) atoms. The van der Waals surface area contributed by atoms with Gasteiger partial charge in [-0.2, -0.15) is 0 Å². The van der Waals surface area contributed by atoms with Crippen LogP contribution in [0.3, 0.4) is 0 Å². The van der Waals surface area contributed by atoms with Gasteiger partial charge in [-0.05, 0) is 31.6 Å².